The van der Waals surface area contributed by atoms with E-state index in [0.717, 1.165) is 5.70 Å². The van der Waals surface area contributed by atoms with Crippen LogP contribution >= 0.6 is 0 Å². The minimum absolute atomic E-state index is 0.320. The molecule has 2 rings (SSSR count). The summed E-state index contributed by atoms with van der Waals surface area (Å²) in [6.07, 6.45) is 8.66. The van der Waals surface area contributed by atoms with E-state index in [4.69, 9.17) is 16.9 Å². The molecule has 0 saturated heterocycles. The molecule has 0 fully saturated rings. The van der Waals surface area contributed by atoms with Crippen LogP contribution in [-0.2, 0) is 0 Å². The molecule has 1 aliphatic heterocycles. The van der Waals surface area contributed by atoms with Crippen LogP contribution in [0.15, 0.2) is 42.3 Å². The average Bonchev–Trinajstić information content (AvgIpc) is 2.34. The predicted molar refractivity (Wildman–Crippen MR) is 70.2 cm³/mol. The number of pyridine rings is 1. The van der Waals surface area contributed by atoms with Gasteiger partial charge >= 0.3 is 0 Å². The zero-order valence-corrected chi connectivity index (χ0v) is 9.14. The molecule has 5 heteroatoms. The van der Waals surface area contributed by atoms with Crippen molar-refractivity contribution in [3.8, 4) is 0 Å². The molecule has 0 atom stereocenters. The number of nitrogens with zero attached hydrogens (tertiary/aromatic N) is 1. The average molecular weight is 227 g/mol. The minimum atomic E-state index is 0.320. The molecule has 0 aromatic carbocycles. The zero-order valence-electron chi connectivity index (χ0n) is 9.14. The van der Waals surface area contributed by atoms with E-state index in [0.29, 0.717) is 22.8 Å². The molecule has 2 heterocycles. The van der Waals surface area contributed by atoms with Gasteiger partial charge in [-0.1, -0.05) is 6.08 Å². The van der Waals surface area contributed by atoms with Crippen molar-refractivity contribution in [2.24, 2.45) is 0 Å². The lowest BCUT2D eigenvalue weighted by Crippen LogP contribution is -2.10. The smallest absolute Gasteiger partial charge is 0.133 e. The Labute approximate surface area is 99.0 Å². The fourth-order valence-electron chi connectivity index (χ4n) is 1.58. The van der Waals surface area contributed by atoms with Crippen molar-refractivity contribution in [1.29, 1.82) is 5.41 Å². The van der Waals surface area contributed by atoms with E-state index in [1.807, 2.05) is 18.2 Å². The van der Waals surface area contributed by atoms with Crippen LogP contribution in [0.4, 0.5) is 11.6 Å². The molecule has 0 aliphatic carbocycles. The first-order valence-corrected chi connectivity index (χ1v) is 5.09. The Hall–Kier alpha value is -2.56. The number of aromatic nitrogens is 1. The first-order chi connectivity index (χ1) is 8.22. The van der Waals surface area contributed by atoms with E-state index in [1.165, 1.54) is 6.21 Å². The van der Waals surface area contributed by atoms with Crippen molar-refractivity contribution in [2.45, 2.75) is 0 Å². The second-order valence-corrected chi connectivity index (χ2v) is 3.50. The number of hydrogen-bond donors (Lipinski definition) is 4. The second-order valence-electron chi connectivity index (χ2n) is 3.50. The van der Waals surface area contributed by atoms with Crippen LogP contribution in [0.2, 0.25) is 0 Å². The van der Waals surface area contributed by atoms with Crippen LogP contribution in [0.5, 0.6) is 0 Å². The quantitative estimate of drug-likeness (QED) is 0.572. The number of nitrogens with two attached hydrogens (primary N) is 2. The third-order valence-corrected chi connectivity index (χ3v) is 2.38. The molecule has 1 aromatic rings. The molecule has 0 spiro atoms. The van der Waals surface area contributed by atoms with E-state index in [9.17, 15) is 0 Å². The topological polar surface area (TPSA) is 101 Å². The van der Waals surface area contributed by atoms with Gasteiger partial charge in [0.1, 0.15) is 11.6 Å². The Morgan fingerprint density at radius 2 is 2.12 bits per heavy atom. The maximum absolute atomic E-state index is 7.49. The molecular weight excluding hydrogens is 214 g/mol. The number of nitrogens with one attached hydrogen (secondary N) is 2. The van der Waals surface area contributed by atoms with Crippen LogP contribution in [0, 0.1) is 5.41 Å². The van der Waals surface area contributed by atoms with Gasteiger partial charge in [-0.15, -0.1) is 0 Å². The molecule has 6 N–H and O–H groups in total. The Morgan fingerprint density at radius 3 is 2.71 bits per heavy atom. The molecule has 5 nitrogen and oxygen atoms in total. The molecule has 0 unspecified atom stereocenters. The number of dihydropyridines is 1. The van der Waals surface area contributed by atoms with E-state index in [1.54, 1.807) is 18.3 Å². The molecule has 17 heavy (non-hydrogen) atoms. The summed E-state index contributed by atoms with van der Waals surface area (Å²) in [6, 6.07) is 3.43. The van der Waals surface area contributed by atoms with Gasteiger partial charge in [0, 0.05) is 29.2 Å². The van der Waals surface area contributed by atoms with Gasteiger partial charge in [0.15, 0.2) is 0 Å². The van der Waals surface area contributed by atoms with Crippen LogP contribution in [0.25, 0.3) is 5.57 Å². The highest BCUT2D eigenvalue weighted by Gasteiger charge is 2.10. The predicted octanol–water partition coefficient (Wildman–Crippen LogP) is 1.28. The number of hydrogen-bond acceptors (Lipinski definition) is 5. The highest BCUT2D eigenvalue weighted by molar-refractivity contribution is 6.11. The number of rotatable bonds is 2. The highest BCUT2D eigenvalue weighted by atomic mass is 14.9. The summed E-state index contributed by atoms with van der Waals surface area (Å²) in [5, 5.41) is 10.5. The van der Waals surface area contributed by atoms with Gasteiger partial charge in [0.25, 0.3) is 0 Å². The van der Waals surface area contributed by atoms with E-state index < -0.39 is 0 Å². The van der Waals surface area contributed by atoms with E-state index in [-0.39, 0.29) is 0 Å². The number of allylic oxidation sites excluding steroid dienone is 4. The highest BCUT2D eigenvalue weighted by Crippen LogP contribution is 2.23. The first kappa shape index (κ1) is 10.9. The lowest BCUT2D eigenvalue weighted by atomic mass is 10.0. The Morgan fingerprint density at radius 1 is 1.29 bits per heavy atom. The maximum Gasteiger partial charge on any atom is 0.133 e. The molecule has 0 amide bonds. The lowest BCUT2D eigenvalue weighted by Gasteiger charge is -2.12. The monoisotopic (exact) mass is 227 g/mol. The van der Waals surface area contributed by atoms with Crippen molar-refractivity contribution in [2.75, 3.05) is 11.5 Å². The Kier molecular flexibility index (Phi) is 2.91. The fraction of sp³-hybridized carbons (Fsp3) is 0. The van der Waals surface area contributed by atoms with Crippen molar-refractivity contribution in [3.05, 3.63) is 47.8 Å². The molecule has 0 saturated carbocycles. The lowest BCUT2D eigenvalue weighted by molar-refractivity contribution is 1.10. The van der Waals surface area contributed by atoms with E-state index in [2.05, 4.69) is 10.3 Å². The van der Waals surface area contributed by atoms with Crippen molar-refractivity contribution >= 4 is 23.4 Å². The van der Waals surface area contributed by atoms with Crippen LogP contribution in [0.3, 0.4) is 0 Å². The van der Waals surface area contributed by atoms with Crippen molar-refractivity contribution in [1.82, 2.24) is 10.3 Å². The van der Waals surface area contributed by atoms with Gasteiger partial charge in [-0.3, -0.25) is 0 Å². The molecular formula is C12H13N5. The van der Waals surface area contributed by atoms with E-state index >= 15 is 0 Å². The zero-order chi connectivity index (χ0) is 12.3. The standard InChI is InChI=1S/C12H13N5/c13-7-9(10-3-1-2-6-16-10)8-4-5-11(14)17-12(8)15/h1-7,13,16H,(H4,14,15,17)/b10-9+,13-7?. The number of anilines is 2. The fourth-order valence-corrected chi connectivity index (χ4v) is 1.58. The summed E-state index contributed by atoms with van der Waals surface area (Å²) in [5.41, 5.74) is 13.5. The summed E-state index contributed by atoms with van der Waals surface area (Å²) in [5.74, 6) is 0.688. The third-order valence-electron chi connectivity index (χ3n) is 2.38. The van der Waals surface area contributed by atoms with Gasteiger partial charge < -0.3 is 22.2 Å². The molecule has 1 aliphatic rings. The van der Waals surface area contributed by atoms with Crippen LogP contribution in [0.1, 0.15) is 5.56 Å². The number of nitrogen functional groups attached to an aromatic ring is 2. The molecule has 1 aromatic heterocycles. The van der Waals surface area contributed by atoms with Gasteiger partial charge in [-0.2, -0.15) is 0 Å². The Balaban J connectivity index is 2.52. The normalized spacial score (nSPS) is 16.5. The van der Waals surface area contributed by atoms with Gasteiger partial charge in [0.2, 0.25) is 0 Å². The van der Waals surface area contributed by atoms with Gasteiger partial charge in [-0.25, -0.2) is 4.98 Å². The molecule has 86 valence electrons. The van der Waals surface area contributed by atoms with Crippen LogP contribution in [-0.4, -0.2) is 11.2 Å². The third kappa shape index (κ3) is 2.17. The molecule has 0 bridgehead atoms. The van der Waals surface area contributed by atoms with Crippen molar-refractivity contribution in [3.63, 3.8) is 0 Å². The van der Waals surface area contributed by atoms with Gasteiger partial charge in [-0.05, 0) is 24.3 Å². The first-order valence-electron chi connectivity index (χ1n) is 5.09. The summed E-state index contributed by atoms with van der Waals surface area (Å²) in [4.78, 5) is 3.99. The van der Waals surface area contributed by atoms with Crippen molar-refractivity contribution < 1.29 is 0 Å². The van der Waals surface area contributed by atoms with Gasteiger partial charge in [0.05, 0.1) is 0 Å². The maximum atomic E-state index is 7.49. The summed E-state index contributed by atoms with van der Waals surface area (Å²) in [7, 11) is 0. The largest absolute Gasteiger partial charge is 0.384 e. The SMILES string of the molecule is N=C/C(=C1/C=CC=CN1)c1ccc(N)nc1N. The summed E-state index contributed by atoms with van der Waals surface area (Å²) in [6.45, 7) is 0. The minimum Gasteiger partial charge on any atom is -0.384 e. The summed E-state index contributed by atoms with van der Waals surface area (Å²) < 4.78 is 0. The Bertz CT molecular complexity index is 540. The van der Waals surface area contributed by atoms with Crippen LogP contribution < -0.4 is 16.8 Å². The molecule has 0 radical (unpaired) electrons. The summed E-state index contributed by atoms with van der Waals surface area (Å²) >= 11 is 0. The second kappa shape index (κ2) is 4.52.